The number of hydrogen-bond donors (Lipinski definition) is 2. The summed E-state index contributed by atoms with van der Waals surface area (Å²) in [6, 6.07) is 1.09. The molecule has 0 aliphatic carbocycles. The molecule has 2 heterocycles. The Morgan fingerprint density at radius 1 is 1.16 bits per heavy atom. The molecule has 1 aromatic rings. The first-order chi connectivity index (χ1) is 11.5. The number of nitrogens with zero attached hydrogens (tertiary/aromatic N) is 5. The van der Waals surface area contributed by atoms with E-state index in [2.05, 4.69) is 63.0 Å². The summed E-state index contributed by atoms with van der Waals surface area (Å²) in [6.07, 6.45) is 3.47. The quantitative estimate of drug-likeness (QED) is 0.368. The molecule has 0 fully saturated rings. The molecule has 0 saturated carbocycles. The van der Waals surface area contributed by atoms with Crippen LogP contribution in [0.1, 0.15) is 52.2 Å². The Kier molecular flexibility index (Phi) is 9.70. The molecular formula is C17H34IN7. The van der Waals surface area contributed by atoms with Crippen LogP contribution in [0.5, 0.6) is 0 Å². The van der Waals surface area contributed by atoms with E-state index in [-0.39, 0.29) is 24.0 Å². The topological polar surface area (TPSA) is 70.4 Å². The molecule has 0 amide bonds. The minimum Gasteiger partial charge on any atom is -0.355 e. The van der Waals surface area contributed by atoms with Crippen LogP contribution >= 0.6 is 24.0 Å². The van der Waals surface area contributed by atoms with Gasteiger partial charge in [-0.2, -0.15) is 0 Å². The highest BCUT2D eigenvalue weighted by molar-refractivity contribution is 14.0. The summed E-state index contributed by atoms with van der Waals surface area (Å²) >= 11 is 0. The van der Waals surface area contributed by atoms with Gasteiger partial charge in [0, 0.05) is 45.2 Å². The fraction of sp³-hybridized carbons (Fsp3) is 0.824. The molecule has 2 rings (SSSR count). The first-order valence-corrected chi connectivity index (χ1v) is 9.14. The van der Waals surface area contributed by atoms with E-state index in [4.69, 9.17) is 0 Å². The molecule has 0 unspecified atom stereocenters. The summed E-state index contributed by atoms with van der Waals surface area (Å²) in [7, 11) is 1.80. The second kappa shape index (κ2) is 10.9. The third-order valence-electron chi connectivity index (χ3n) is 4.56. The number of aryl methyl sites for hydroxylation is 1. The van der Waals surface area contributed by atoms with Crippen LogP contribution in [0.3, 0.4) is 0 Å². The van der Waals surface area contributed by atoms with Gasteiger partial charge in [0.25, 0.3) is 0 Å². The molecule has 7 nitrogen and oxygen atoms in total. The Bertz CT molecular complexity index is 531. The summed E-state index contributed by atoms with van der Waals surface area (Å²) in [6.45, 7) is 12.5. The predicted octanol–water partition coefficient (Wildman–Crippen LogP) is 2.02. The smallest absolute Gasteiger partial charge is 0.191 e. The zero-order valence-corrected chi connectivity index (χ0v) is 18.6. The minimum atomic E-state index is 0. The monoisotopic (exact) mass is 463 g/mol. The molecule has 0 saturated heterocycles. The van der Waals surface area contributed by atoms with Crippen molar-refractivity contribution in [1.29, 1.82) is 0 Å². The van der Waals surface area contributed by atoms with Gasteiger partial charge in [0.15, 0.2) is 11.8 Å². The number of hydrogen-bond acceptors (Lipinski definition) is 4. The van der Waals surface area contributed by atoms with Gasteiger partial charge in [-0.3, -0.25) is 9.89 Å². The SMILES string of the molecule is CN=C(NCCN(C(C)C)C(C)C)NCc1nnc2n1CCCC2.I. The van der Waals surface area contributed by atoms with Crippen molar-refractivity contribution >= 4 is 29.9 Å². The second-order valence-electron chi connectivity index (χ2n) is 6.92. The maximum absolute atomic E-state index is 4.32. The maximum atomic E-state index is 4.32. The number of guanidine groups is 1. The van der Waals surface area contributed by atoms with E-state index >= 15 is 0 Å². The van der Waals surface area contributed by atoms with Crippen LogP contribution in [0.4, 0.5) is 0 Å². The number of fused-ring (bicyclic) bond motifs is 1. The van der Waals surface area contributed by atoms with Crippen LogP contribution in [0.2, 0.25) is 0 Å². The highest BCUT2D eigenvalue weighted by atomic mass is 127. The average Bonchev–Trinajstić information content (AvgIpc) is 2.96. The van der Waals surface area contributed by atoms with Crippen LogP contribution in [-0.2, 0) is 19.5 Å². The molecule has 8 heteroatoms. The van der Waals surface area contributed by atoms with Gasteiger partial charge in [0.1, 0.15) is 5.82 Å². The Hall–Kier alpha value is -0.900. The van der Waals surface area contributed by atoms with Gasteiger partial charge in [-0.1, -0.05) is 0 Å². The largest absolute Gasteiger partial charge is 0.355 e. The summed E-state index contributed by atoms with van der Waals surface area (Å²) in [5, 5.41) is 15.4. The molecule has 0 spiro atoms. The highest BCUT2D eigenvalue weighted by Gasteiger charge is 2.16. The van der Waals surface area contributed by atoms with Crippen molar-refractivity contribution in [3.63, 3.8) is 0 Å². The molecule has 0 bridgehead atoms. The Labute approximate surface area is 169 Å². The molecule has 1 aliphatic heterocycles. The van der Waals surface area contributed by atoms with Gasteiger partial charge < -0.3 is 15.2 Å². The van der Waals surface area contributed by atoms with E-state index in [1.165, 1.54) is 12.8 Å². The Morgan fingerprint density at radius 2 is 1.88 bits per heavy atom. The van der Waals surface area contributed by atoms with Crippen molar-refractivity contribution in [2.24, 2.45) is 4.99 Å². The van der Waals surface area contributed by atoms with Crippen molar-refractivity contribution in [3.05, 3.63) is 11.6 Å². The molecule has 1 aliphatic rings. The zero-order valence-electron chi connectivity index (χ0n) is 16.2. The van der Waals surface area contributed by atoms with E-state index in [1.807, 2.05) is 0 Å². The van der Waals surface area contributed by atoms with Gasteiger partial charge in [0.05, 0.1) is 6.54 Å². The van der Waals surface area contributed by atoms with Gasteiger partial charge in [-0.05, 0) is 40.5 Å². The molecule has 0 radical (unpaired) electrons. The van der Waals surface area contributed by atoms with Gasteiger partial charge in [0.2, 0.25) is 0 Å². The van der Waals surface area contributed by atoms with Crippen molar-refractivity contribution in [1.82, 2.24) is 30.3 Å². The van der Waals surface area contributed by atoms with Crippen molar-refractivity contribution in [2.75, 3.05) is 20.1 Å². The fourth-order valence-electron chi connectivity index (χ4n) is 3.30. The standard InChI is InChI=1S/C17H33N7.HI/c1-13(2)23(14(3)4)11-9-19-17(18-5)20-12-16-22-21-15-8-6-7-10-24(15)16;/h13-14H,6-12H2,1-5H3,(H2,18,19,20);1H. The van der Waals surface area contributed by atoms with E-state index in [1.54, 1.807) is 7.05 Å². The van der Waals surface area contributed by atoms with Crippen LogP contribution in [-0.4, -0.2) is 57.8 Å². The third-order valence-corrected chi connectivity index (χ3v) is 4.56. The molecule has 0 atom stereocenters. The van der Waals surface area contributed by atoms with E-state index in [0.29, 0.717) is 18.6 Å². The first kappa shape index (κ1) is 22.1. The predicted molar refractivity (Wildman–Crippen MR) is 114 cm³/mol. The molecule has 1 aromatic heterocycles. The summed E-state index contributed by atoms with van der Waals surface area (Å²) in [5.74, 6) is 2.93. The normalized spacial score (nSPS) is 14.6. The Balaban J connectivity index is 0.00000312. The Morgan fingerprint density at radius 3 is 2.52 bits per heavy atom. The average molecular weight is 463 g/mol. The van der Waals surface area contributed by atoms with E-state index < -0.39 is 0 Å². The number of rotatable bonds is 7. The number of aromatic nitrogens is 3. The molecule has 0 aromatic carbocycles. The van der Waals surface area contributed by atoms with E-state index in [0.717, 1.165) is 43.7 Å². The summed E-state index contributed by atoms with van der Waals surface area (Å²) < 4.78 is 2.24. The zero-order chi connectivity index (χ0) is 17.5. The third kappa shape index (κ3) is 6.40. The van der Waals surface area contributed by atoms with E-state index in [9.17, 15) is 0 Å². The van der Waals surface area contributed by atoms with Crippen LogP contribution in [0.15, 0.2) is 4.99 Å². The fourth-order valence-corrected chi connectivity index (χ4v) is 3.30. The maximum Gasteiger partial charge on any atom is 0.191 e. The minimum absolute atomic E-state index is 0. The van der Waals surface area contributed by atoms with Gasteiger partial charge >= 0.3 is 0 Å². The molecule has 25 heavy (non-hydrogen) atoms. The summed E-state index contributed by atoms with van der Waals surface area (Å²) in [5.41, 5.74) is 0. The lowest BCUT2D eigenvalue weighted by Crippen LogP contribution is -2.45. The highest BCUT2D eigenvalue weighted by Crippen LogP contribution is 2.13. The lowest BCUT2D eigenvalue weighted by molar-refractivity contribution is 0.178. The molecular weight excluding hydrogens is 429 g/mol. The lowest BCUT2D eigenvalue weighted by atomic mass is 10.2. The number of nitrogens with one attached hydrogen (secondary N) is 2. The summed E-state index contributed by atoms with van der Waals surface area (Å²) in [4.78, 5) is 6.77. The molecule has 2 N–H and O–H groups in total. The van der Waals surface area contributed by atoms with Crippen molar-refractivity contribution in [3.8, 4) is 0 Å². The van der Waals surface area contributed by atoms with Crippen LogP contribution in [0.25, 0.3) is 0 Å². The van der Waals surface area contributed by atoms with Crippen LogP contribution < -0.4 is 10.6 Å². The van der Waals surface area contributed by atoms with Gasteiger partial charge in [-0.25, -0.2) is 0 Å². The first-order valence-electron chi connectivity index (χ1n) is 9.14. The second-order valence-corrected chi connectivity index (χ2v) is 6.92. The number of halogens is 1. The number of aliphatic imine (C=N–C) groups is 1. The van der Waals surface area contributed by atoms with Gasteiger partial charge in [-0.15, -0.1) is 34.2 Å². The van der Waals surface area contributed by atoms with Crippen molar-refractivity contribution < 1.29 is 0 Å². The van der Waals surface area contributed by atoms with Crippen LogP contribution in [0, 0.1) is 0 Å². The van der Waals surface area contributed by atoms with Crippen molar-refractivity contribution in [2.45, 2.75) is 72.1 Å². The molecule has 144 valence electrons. The lowest BCUT2D eigenvalue weighted by Gasteiger charge is -2.30.